The number of halogens is 3. The lowest BCUT2D eigenvalue weighted by atomic mass is 9.72. The lowest BCUT2D eigenvalue weighted by molar-refractivity contribution is -0.152. The molecule has 0 amide bonds. The van der Waals surface area contributed by atoms with Crippen LogP contribution in [-0.4, -0.2) is 23.3 Å². The van der Waals surface area contributed by atoms with Crippen LogP contribution in [0.25, 0.3) is 0 Å². The lowest BCUT2D eigenvalue weighted by Gasteiger charge is -2.39. The summed E-state index contributed by atoms with van der Waals surface area (Å²) < 4.78 is 40.4. The third-order valence-corrected chi connectivity index (χ3v) is 8.00. The van der Waals surface area contributed by atoms with Crippen LogP contribution >= 0.6 is 11.6 Å². The van der Waals surface area contributed by atoms with Crippen LogP contribution in [0.15, 0.2) is 70.6 Å². The zero-order valence-electron chi connectivity index (χ0n) is 22.4. The van der Waals surface area contributed by atoms with Crippen LogP contribution in [0.4, 0.5) is 8.78 Å². The second-order valence-corrected chi connectivity index (χ2v) is 11.4. The Morgan fingerprint density at radius 2 is 1.52 bits per heavy atom. The number of nitrogens with zero attached hydrogens (tertiary/aromatic N) is 2. The van der Waals surface area contributed by atoms with Gasteiger partial charge in [0, 0.05) is 28.6 Å². The van der Waals surface area contributed by atoms with Gasteiger partial charge in [-0.2, -0.15) is 0 Å². The van der Waals surface area contributed by atoms with E-state index in [0.29, 0.717) is 27.2 Å². The molecular formula is C31H31ClF2N2O4. The molecule has 1 unspecified atom stereocenters. The molecule has 1 heterocycles. The zero-order chi connectivity index (χ0) is 28.5. The second kappa shape index (κ2) is 11.2. The third-order valence-electron chi connectivity index (χ3n) is 7.75. The van der Waals surface area contributed by atoms with Crippen LogP contribution in [0.5, 0.6) is 11.5 Å². The van der Waals surface area contributed by atoms with Gasteiger partial charge < -0.3 is 14.6 Å². The lowest BCUT2D eigenvalue weighted by Crippen LogP contribution is -2.41. The summed E-state index contributed by atoms with van der Waals surface area (Å²) in [7, 11) is 0. The summed E-state index contributed by atoms with van der Waals surface area (Å²) in [5, 5.41) is 10.5. The molecule has 0 radical (unpaired) electrons. The third kappa shape index (κ3) is 5.68. The molecule has 3 aromatic rings. The summed E-state index contributed by atoms with van der Waals surface area (Å²) in [6.45, 7) is 3.21. The first-order chi connectivity index (χ1) is 19.1. The number of hydrogen-bond acceptors (Lipinski definition) is 5. The normalized spacial score (nSPS) is 17.3. The molecule has 1 aliphatic heterocycles. The quantitative estimate of drug-likeness (QED) is 0.331. The number of hydrogen-bond donors (Lipinski definition) is 1. The molecule has 1 atom stereocenters. The van der Waals surface area contributed by atoms with Gasteiger partial charge in [0.1, 0.15) is 11.5 Å². The predicted molar refractivity (Wildman–Crippen MR) is 146 cm³/mol. The molecule has 40 heavy (non-hydrogen) atoms. The smallest absolute Gasteiger partial charge is 0.347 e. The van der Waals surface area contributed by atoms with Gasteiger partial charge in [-0.3, -0.25) is 0 Å². The first kappa shape index (κ1) is 28.0. The molecule has 1 fully saturated rings. The summed E-state index contributed by atoms with van der Waals surface area (Å²) in [5.74, 6) is -2.07. The Morgan fingerprint density at radius 3 is 2.08 bits per heavy atom. The van der Waals surface area contributed by atoms with Crippen molar-refractivity contribution in [2.45, 2.75) is 57.2 Å². The van der Waals surface area contributed by atoms with Crippen LogP contribution in [-0.2, 0) is 10.5 Å². The maximum atomic E-state index is 14.2. The Kier molecular flexibility index (Phi) is 7.82. The molecule has 1 saturated carbocycles. The average molecular weight is 569 g/mol. The van der Waals surface area contributed by atoms with E-state index in [-0.39, 0.29) is 18.4 Å². The molecule has 0 spiro atoms. The van der Waals surface area contributed by atoms with E-state index in [0.717, 1.165) is 49.8 Å². The number of carboxylic acid groups (broad SMARTS) is 1. The van der Waals surface area contributed by atoms with Gasteiger partial charge in [0.2, 0.25) is 0 Å². The highest BCUT2D eigenvalue weighted by molar-refractivity contribution is 6.30. The number of benzene rings is 3. The molecule has 3 aromatic carbocycles. The van der Waals surface area contributed by atoms with Gasteiger partial charge in [-0.1, -0.05) is 43.0 Å². The monoisotopic (exact) mass is 568 g/mol. The molecular weight excluding hydrogens is 538 g/mol. The predicted octanol–water partition coefficient (Wildman–Crippen LogP) is 6.24. The summed E-state index contributed by atoms with van der Waals surface area (Å²) in [6.07, 6.45) is 5.21. The van der Waals surface area contributed by atoms with E-state index in [1.54, 1.807) is 36.4 Å². The van der Waals surface area contributed by atoms with Gasteiger partial charge in [-0.25, -0.2) is 23.6 Å². The molecule has 0 aromatic heterocycles. The van der Waals surface area contributed by atoms with E-state index in [1.165, 1.54) is 13.8 Å². The highest BCUT2D eigenvalue weighted by Gasteiger charge is 2.46. The van der Waals surface area contributed by atoms with Gasteiger partial charge in [-0.05, 0) is 69.0 Å². The van der Waals surface area contributed by atoms with E-state index in [4.69, 9.17) is 31.1 Å². The van der Waals surface area contributed by atoms with Crippen molar-refractivity contribution in [3.63, 3.8) is 0 Å². The van der Waals surface area contributed by atoms with Gasteiger partial charge in [-0.15, -0.1) is 0 Å². The van der Waals surface area contributed by atoms with Crippen LogP contribution in [0.3, 0.4) is 0 Å². The second-order valence-electron chi connectivity index (χ2n) is 10.9. The van der Waals surface area contributed by atoms with Crippen molar-refractivity contribution in [1.82, 2.24) is 0 Å². The van der Waals surface area contributed by atoms with Gasteiger partial charge in [0.05, 0.1) is 17.3 Å². The number of carbonyl (C=O) groups is 1. The van der Waals surface area contributed by atoms with Gasteiger partial charge in [0.25, 0.3) is 0 Å². The van der Waals surface area contributed by atoms with Crippen molar-refractivity contribution in [3.8, 4) is 11.5 Å². The van der Waals surface area contributed by atoms with E-state index in [1.807, 2.05) is 12.1 Å². The number of carboxylic acids is 1. The van der Waals surface area contributed by atoms with Crippen LogP contribution < -0.4 is 20.2 Å². The Hall–Kier alpha value is -3.52. The molecule has 9 heteroatoms. The highest BCUT2D eigenvalue weighted by Crippen LogP contribution is 2.45. The van der Waals surface area contributed by atoms with Gasteiger partial charge >= 0.3 is 5.97 Å². The topological polar surface area (TPSA) is 80.5 Å². The molecule has 2 aliphatic rings. The Balaban J connectivity index is 1.51. The molecule has 0 bridgehead atoms. The summed E-state index contributed by atoms with van der Waals surface area (Å²) >= 11 is 6.21. The Bertz CT molecular complexity index is 1460. The standard InChI is InChI=1S/C31H31ClF2N2O4/c1-30(2,29(37)38)40-23-14-12-22(13-15-23)39-18-24(19-6-4-3-5-7-19)31(20-8-10-21(32)11-9-20)35-27-16-25(33)26(34)17-28(27)36-31/h8-17,19,24H,3-7,18H2,1-2H3,(H,37,38). The molecule has 210 valence electrons. The number of fused-ring (bicyclic) bond motifs is 1. The highest BCUT2D eigenvalue weighted by atomic mass is 35.5. The van der Waals surface area contributed by atoms with Crippen LogP contribution in [0, 0.1) is 23.5 Å². The number of aliphatic carboxylic acids is 1. The maximum Gasteiger partial charge on any atom is 0.347 e. The SMILES string of the molecule is CC(C)(Oc1ccc(OCC(C2CCCCC2)C2(c3ccc(Cl)cc3)N=c3cc(F)c(F)cc3=N2)cc1)C(=O)O. The fourth-order valence-electron chi connectivity index (χ4n) is 5.55. The first-order valence-corrected chi connectivity index (χ1v) is 13.8. The minimum Gasteiger partial charge on any atom is -0.493 e. The fourth-order valence-corrected chi connectivity index (χ4v) is 5.67. The Labute approximate surface area is 236 Å². The zero-order valence-corrected chi connectivity index (χ0v) is 23.1. The van der Waals surface area contributed by atoms with E-state index >= 15 is 0 Å². The van der Waals surface area contributed by atoms with Crippen molar-refractivity contribution in [2.24, 2.45) is 21.8 Å². The van der Waals surface area contributed by atoms with Crippen LogP contribution in [0.2, 0.25) is 5.02 Å². The Morgan fingerprint density at radius 1 is 0.975 bits per heavy atom. The van der Waals surface area contributed by atoms with Crippen molar-refractivity contribution < 1.29 is 28.2 Å². The van der Waals surface area contributed by atoms with E-state index < -0.39 is 28.9 Å². The van der Waals surface area contributed by atoms with Crippen LogP contribution in [0.1, 0.15) is 51.5 Å². The summed E-state index contributed by atoms with van der Waals surface area (Å²) in [4.78, 5) is 21.4. The minimum absolute atomic E-state index is 0.208. The van der Waals surface area contributed by atoms with E-state index in [9.17, 15) is 18.7 Å². The van der Waals surface area contributed by atoms with Crippen molar-refractivity contribution in [2.75, 3.05) is 6.61 Å². The maximum absolute atomic E-state index is 14.2. The van der Waals surface area contributed by atoms with E-state index in [2.05, 4.69) is 0 Å². The summed E-state index contributed by atoms with van der Waals surface area (Å²) in [6, 6.07) is 16.2. The van der Waals surface area contributed by atoms with Crippen molar-refractivity contribution in [3.05, 3.63) is 93.6 Å². The van der Waals surface area contributed by atoms with Crippen molar-refractivity contribution >= 4 is 17.6 Å². The van der Waals surface area contributed by atoms with Gasteiger partial charge in [0.15, 0.2) is 22.9 Å². The fraction of sp³-hybridized carbons (Fsp3) is 0.387. The number of rotatable bonds is 9. The minimum atomic E-state index is -1.38. The molecule has 1 N–H and O–H groups in total. The molecule has 6 nitrogen and oxygen atoms in total. The molecule has 1 aliphatic carbocycles. The molecule has 5 rings (SSSR count). The molecule has 0 saturated heterocycles. The summed E-state index contributed by atoms with van der Waals surface area (Å²) in [5.41, 5.74) is -1.75. The first-order valence-electron chi connectivity index (χ1n) is 13.4. The van der Waals surface area contributed by atoms with Crippen molar-refractivity contribution in [1.29, 1.82) is 0 Å². The number of ether oxygens (including phenoxy) is 2. The average Bonchev–Trinajstić information content (AvgIpc) is 3.29. The largest absolute Gasteiger partial charge is 0.493 e.